The van der Waals surface area contributed by atoms with Crippen LogP contribution < -0.4 is 4.90 Å². The van der Waals surface area contributed by atoms with Crippen LogP contribution in [0.2, 0.25) is 0 Å². The van der Waals surface area contributed by atoms with Crippen molar-refractivity contribution in [1.82, 2.24) is 19.6 Å². The molecule has 3 aromatic rings. The summed E-state index contributed by atoms with van der Waals surface area (Å²) in [5.74, 6) is 0.475. The first-order chi connectivity index (χ1) is 13.3. The quantitative estimate of drug-likeness (QED) is 0.631. The summed E-state index contributed by atoms with van der Waals surface area (Å²) in [4.78, 5) is 31.1. The van der Waals surface area contributed by atoms with Gasteiger partial charge < -0.3 is 0 Å². The zero-order valence-electron chi connectivity index (χ0n) is 16.2. The van der Waals surface area contributed by atoms with Crippen molar-refractivity contribution in [3.63, 3.8) is 0 Å². The smallest absolute Gasteiger partial charge is 0.256 e. The Morgan fingerprint density at radius 1 is 1.11 bits per heavy atom. The first-order valence-corrected chi connectivity index (χ1v) is 10.1. The van der Waals surface area contributed by atoms with E-state index in [1.807, 2.05) is 48.6 Å². The highest BCUT2D eigenvalue weighted by molar-refractivity contribution is 8.00. The van der Waals surface area contributed by atoms with Gasteiger partial charge in [0.15, 0.2) is 5.16 Å². The average molecular weight is 395 g/mol. The van der Waals surface area contributed by atoms with E-state index in [2.05, 4.69) is 29.0 Å². The van der Waals surface area contributed by atoms with Crippen molar-refractivity contribution in [1.29, 1.82) is 0 Å². The normalized spacial score (nSPS) is 17.3. The number of anilines is 1. The number of nitrogens with zero attached hydrogens (tertiary/aromatic N) is 5. The van der Waals surface area contributed by atoms with Gasteiger partial charge in [-0.05, 0) is 43.5 Å². The Morgan fingerprint density at radius 2 is 1.82 bits per heavy atom. The van der Waals surface area contributed by atoms with Crippen molar-refractivity contribution >= 4 is 35.0 Å². The molecule has 3 heterocycles. The van der Waals surface area contributed by atoms with Crippen LogP contribution in [0, 0.1) is 13.8 Å². The monoisotopic (exact) mass is 395 g/mol. The van der Waals surface area contributed by atoms with Crippen LogP contribution >= 0.6 is 11.8 Å². The number of hydrogen-bond donors (Lipinski definition) is 0. The van der Waals surface area contributed by atoms with Crippen molar-refractivity contribution in [3.05, 3.63) is 47.3 Å². The minimum atomic E-state index is -0.523. The fourth-order valence-electron chi connectivity index (χ4n) is 3.38. The van der Waals surface area contributed by atoms with E-state index in [-0.39, 0.29) is 18.2 Å². The summed E-state index contributed by atoms with van der Waals surface area (Å²) < 4.78 is 1.81. The zero-order valence-corrected chi connectivity index (χ0v) is 17.0. The summed E-state index contributed by atoms with van der Waals surface area (Å²) in [5.41, 5.74) is 3.58. The Kier molecular flexibility index (Phi) is 4.66. The molecule has 0 unspecified atom stereocenters. The zero-order chi connectivity index (χ0) is 20.0. The molecule has 1 fully saturated rings. The van der Waals surface area contributed by atoms with Gasteiger partial charge in [-0.3, -0.25) is 14.0 Å². The molecular formula is C20H21N5O2S. The first-order valence-electron chi connectivity index (χ1n) is 9.18. The lowest BCUT2D eigenvalue weighted by molar-refractivity contribution is -0.121. The molecule has 28 heavy (non-hydrogen) atoms. The first kappa shape index (κ1) is 18.6. The van der Waals surface area contributed by atoms with Crippen LogP contribution in [0.15, 0.2) is 35.5 Å². The molecule has 0 saturated carbocycles. The summed E-state index contributed by atoms with van der Waals surface area (Å²) in [5, 5.41) is 8.33. The van der Waals surface area contributed by atoms with Gasteiger partial charge in [0.1, 0.15) is 5.25 Å². The van der Waals surface area contributed by atoms with E-state index < -0.39 is 5.25 Å². The predicted octanol–water partition coefficient (Wildman–Crippen LogP) is 3.29. The number of carbonyl (C=O) groups is 2. The van der Waals surface area contributed by atoms with Crippen LogP contribution in [0.3, 0.4) is 0 Å². The molecule has 2 amide bonds. The molecule has 0 aliphatic carbocycles. The molecule has 0 N–H and O–H groups in total. The molecule has 0 spiro atoms. The second kappa shape index (κ2) is 7.01. The number of fused-ring (bicyclic) bond motifs is 1. The molecular weight excluding hydrogens is 374 g/mol. The molecule has 7 nitrogen and oxygen atoms in total. The highest BCUT2D eigenvalue weighted by Crippen LogP contribution is 2.34. The molecule has 4 rings (SSSR count). The third-order valence-electron chi connectivity index (χ3n) is 4.83. The number of hydrogen-bond acceptors (Lipinski definition) is 6. The van der Waals surface area contributed by atoms with Gasteiger partial charge in [-0.2, -0.15) is 0 Å². The Hall–Kier alpha value is -2.74. The second-order valence-electron chi connectivity index (χ2n) is 7.28. The predicted molar refractivity (Wildman–Crippen MR) is 108 cm³/mol. The van der Waals surface area contributed by atoms with Gasteiger partial charge >= 0.3 is 0 Å². The van der Waals surface area contributed by atoms with Crippen molar-refractivity contribution in [2.45, 2.75) is 50.4 Å². The maximum atomic E-state index is 12.9. The summed E-state index contributed by atoms with van der Waals surface area (Å²) in [6, 6.07) is 9.53. The number of imide groups is 1. The Morgan fingerprint density at radius 3 is 2.50 bits per heavy atom. The number of carbonyl (C=O) groups excluding carboxylic acids is 2. The topological polar surface area (TPSA) is 80.5 Å². The van der Waals surface area contributed by atoms with Gasteiger partial charge in [0.2, 0.25) is 11.8 Å². The lowest BCUT2D eigenvalue weighted by atomic mass is 10.0. The highest BCUT2D eigenvalue weighted by Gasteiger charge is 2.41. The van der Waals surface area contributed by atoms with Gasteiger partial charge in [0.25, 0.3) is 5.78 Å². The lowest BCUT2D eigenvalue weighted by Crippen LogP contribution is -2.31. The van der Waals surface area contributed by atoms with Gasteiger partial charge in [0, 0.05) is 17.8 Å². The number of amides is 2. The van der Waals surface area contributed by atoms with Crippen LogP contribution in [0.1, 0.15) is 43.1 Å². The van der Waals surface area contributed by atoms with Crippen LogP contribution in [-0.2, 0) is 9.59 Å². The van der Waals surface area contributed by atoms with E-state index in [1.165, 1.54) is 22.2 Å². The molecule has 0 radical (unpaired) electrons. The van der Waals surface area contributed by atoms with E-state index in [0.717, 1.165) is 11.4 Å². The van der Waals surface area contributed by atoms with Crippen molar-refractivity contribution < 1.29 is 9.59 Å². The number of rotatable bonds is 4. The SMILES string of the molecule is Cc1cc(C)n2c(S[C@H]3CC(=O)N(c4ccc(C(C)C)cc4)C3=O)nnc2n1. The molecule has 8 heteroatoms. The average Bonchev–Trinajstić information content (AvgIpc) is 3.16. The summed E-state index contributed by atoms with van der Waals surface area (Å²) in [6.07, 6.45) is 0.142. The van der Waals surface area contributed by atoms with Gasteiger partial charge in [0.05, 0.1) is 5.69 Å². The standard InChI is InChI=1S/C20H21N5O2S/c1-11(2)14-5-7-15(8-6-14)25-17(26)10-16(18(25)27)28-20-23-22-19-21-12(3)9-13(4)24(19)20/h5-9,11,16H,10H2,1-4H3/t16-/m0/s1. The van der Waals surface area contributed by atoms with E-state index in [9.17, 15) is 9.59 Å². The fourth-order valence-corrected chi connectivity index (χ4v) is 4.49. The molecule has 1 saturated heterocycles. The minimum Gasteiger partial charge on any atom is -0.274 e. The molecule has 1 aromatic carbocycles. The molecule has 1 aliphatic heterocycles. The largest absolute Gasteiger partial charge is 0.274 e. The van der Waals surface area contributed by atoms with Gasteiger partial charge in [-0.25, -0.2) is 9.88 Å². The van der Waals surface area contributed by atoms with Gasteiger partial charge in [-0.15, -0.1) is 10.2 Å². The highest BCUT2D eigenvalue weighted by atomic mass is 32.2. The molecule has 0 bridgehead atoms. The van der Waals surface area contributed by atoms with Crippen LogP contribution in [0.25, 0.3) is 5.78 Å². The fraction of sp³-hybridized carbons (Fsp3) is 0.350. The molecule has 2 aromatic heterocycles. The maximum Gasteiger partial charge on any atom is 0.256 e. The van der Waals surface area contributed by atoms with E-state index in [4.69, 9.17) is 0 Å². The van der Waals surface area contributed by atoms with E-state index in [1.54, 1.807) is 0 Å². The second-order valence-corrected chi connectivity index (χ2v) is 8.45. The Bertz CT molecular complexity index is 1070. The van der Waals surface area contributed by atoms with E-state index >= 15 is 0 Å². The third-order valence-corrected chi connectivity index (χ3v) is 5.96. The maximum absolute atomic E-state index is 12.9. The molecule has 1 aliphatic rings. The number of aromatic nitrogens is 4. The number of aryl methyl sites for hydroxylation is 2. The van der Waals surface area contributed by atoms with Crippen LogP contribution in [0.5, 0.6) is 0 Å². The minimum absolute atomic E-state index is 0.142. The number of thioether (sulfide) groups is 1. The lowest BCUT2D eigenvalue weighted by Gasteiger charge is -2.16. The van der Waals surface area contributed by atoms with Gasteiger partial charge in [-0.1, -0.05) is 37.7 Å². The van der Waals surface area contributed by atoms with E-state index in [0.29, 0.717) is 22.5 Å². The van der Waals surface area contributed by atoms with Crippen molar-refractivity contribution in [2.24, 2.45) is 0 Å². The summed E-state index contributed by atoms with van der Waals surface area (Å²) >= 11 is 1.26. The van der Waals surface area contributed by atoms with Crippen molar-refractivity contribution in [2.75, 3.05) is 4.90 Å². The molecule has 1 atom stereocenters. The molecule has 144 valence electrons. The van der Waals surface area contributed by atoms with Crippen LogP contribution in [-0.4, -0.2) is 36.6 Å². The Labute approximate surface area is 167 Å². The van der Waals surface area contributed by atoms with Crippen LogP contribution in [0.4, 0.5) is 5.69 Å². The Balaban J connectivity index is 1.59. The number of benzene rings is 1. The van der Waals surface area contributed by atoms with Crippen molar-refractivity contribution in [3.8, 4) is 0 Å². The summed E-state index contributed by atoms with van der Waals surface area (Å²) in [6.45, 7) is 8.06. The third kappa shape index (κ3) is 3.17. The summed E-state index contributed by atoms with van der Waals surface area (Å²) in [7, 11) is 0.